The zero-order chi connectivity index (χ0) is 37.1. The minimum atomic E-state index is 0.275. The topological polar surface area (TPSA) is 50.9 Å². The van der Waals surface area contributed by atoms with Crippen LogP contribution < -0.4 is 0 Å². The van der Waals surface area contributed by atoms with E-state index in [1.165, 1.54) is 39.1 Å². The van der Waals surface area contributed by atoms with Crippen molar-refractivity contribution in [3.63, 3.8) is 0 Å². The summed E-state index contributed by atoms with van der Waals surface area (Å²) >= 11 is 0. The number of imidazole rings is 1. The number of aromatic hydroxyl groups is 1. The lowest BCUT2D eigenvalue weighted by Crippen LogP contribution is -2.08. The van der Waals surface area contributed by atoms with Gasteiger partial charge in [-0.2, -0.15) is 0 Å². The lowest BCUT2D eigenvalue weighted by Gasteiger charge is -2.22. The van der Waals surface area contributed by atoms with Crippen molar-refractivity contribution >= 4 is 11.0 Å². The van der Waals surface area contributed by atoms with Gasteiger partial charge in [-0.3, -0.25) is 4.57 Å². The van der Waals surface area contributed by atoms with Crippen LogP contribution in [-0.4, -0.2) is 19.6 Å². The van der Waals surface area contributed by atoms with Gasteiger partial charge in [0.1, 0.15) is 11.6 Å². The molecule has 4 nitrogen and oxygen atoms in total. The second-order valence-electron chi connectivity index (χ2n) is 16.0. The fourth-order valence-corrected chi connectivity index (χ4v) is 8.12. The molecule has 1 aliphatic carbocycles. The average Bonchev–Trinajstić information content (AvgIpc) is 3.74. The van der Waals surface area contributed by atoms with E-state index in [4.69, 9.17) is 9.97 Å². The molecule has 0 atom stereocenters. The molecule has 0 amide bonds. The molecule has 0 fully saturated rings. The van der Waals surface area contributed by atoms with E-state index in [0.29, 0.717) is 23.7 Å². The van der Waals surface area contributed by atoms with E-state index in [2.05, 4.69) is 163 Å². The molecule has 8 rings (SSSR count). The standard InChI is InChI=1S/C49H49N3O/c1-28(2)34-24-35(29(3)4)26-36(25-34)39-21-23-44(53)45-41(39)27-33-20-22-42(50-46(33)45)40-18-13-19-43-47(40)51-49(32-14-10-9-11-15-32)52(43)48-37(30(5)6)16-12-17-38(48)31(7)8/h9-26,28-31,53H,27H2,1-8H3. The number of rotatable bonds is 8. The molecule has 1 N–H and O–H groups in total. The van der Waals surface area contributed by atoms with Gasteiger partial charge in [0.25, 0.3) is 0 Å². The monoisotopic (exact) mass is 695 g/mol. The lowest BCUT2D eigenvalue weighted by atomic mass is 9.88. The maximum Gasteiger partial charge on any atom is 0.145 e. The van der Waals surface area contributed by atoms with E-state index in [9.17, 15) is 5.11 Å². The van der Waals surface area contributed by atoms with Gasteiger partial charge in [0.15, 0.2) is 0 Å². The number of para-hydroxylation sites is 2. The van der Waals surface area contributed by atoms with E-state index in [0.717, 1.165) is 62.5 Å². The van der Waals surface area contributed by atoms with Crippen LogP contribution in [0.4, 0.5) is 0 Å². The molecule has 7 aromatic rings. The lowest BCUT2D eigenvalue weighted by molar-refractivity contribution is 0.477. The molecule has 0 radical (unpaired) electrons. The average molecular weight is 696 g/mol. The molecule has 0 unspecified atom stereocenters. The van der Waals surface area contributed by atoms with E-state index in [1.807, 2.05) is 6.07 Å². The number of aromatic nitrogens is 3. The summed E-state index contributed by atoms with van der Waals surface area (Å²) in [5, 5.41) is 11.4. The van der Waals surface area contributed by atoms with Crippen LogP contribution in [-0.2, 0) is 6.42 Å². The van der Waals surface area contributed by atoms with Crippen molar-refractivity contribution in [1.82, 2.24) is 14.5 Å². The molecule has 266 valence electrons. The zero-order valence-corrected chi connectivity index (χ0v) is 32.2. The van der Waals surface area contributed by atoms with Crippen LogP contribution in [0.3, 0.4) is 0 Å². The Kier molecular flexibility index (Phi) is 8.81. The van der Waals surface area contributed by atoms with Crippen LogP contribution in [0.25, 0.3) is 61.8 Å². The second-order valence-corrected chi connectivity index (χ2v) is 16.0. The Hall–Kier alpha value is -5.48. The highest BCUT2D eigenvalue weighted by atomic mass is 16.3. The number of nitrogens with zero attached hydrogens (tertiary/aromatic N) is 3. The minimum absolute atomic E-state index is 0.275. The highest BCUT2D eigenvalue weighted by molar-refractivity contribution is 5.96. The van der Waals surface area contributed by atoms with Gasteiger partial charge < -0.3 is 5.11 Å². The number of hydrogen-bond donors (Lipinski definition) is 1. The van der Waals surface area contributed by atoms with E-state index < -0.39 is 0 Å². The summed E-state index contributed by atoms with van der Waals surface area (Å²) in [4.78, 5) is 10.8. The van der Waals surface area contributed by atoms with Gasteiger partial charge in [-0.1, -0.05) is 146 Å². The fraction of sp³-hybridized carbons (Fsp3) is 0.265. The molecule has 0 saturated heterocycles. The number of phenolic OH excluding ortho intramolecular Hbond substituents is 1. The van der Waals surface area contributed by atoms with Gasteiger partial charge in [0.2, 0.25) is 0 Å². The van der Waals surface area contributed by atoms with Crippen molar-refractivity contribution in [2.24, 2.45) is 0 Å². The summed E-state index contributed by atoms with van der Waals surface area (Å²) < 4.78 is 2.39. The molecule has 0 bridgehead atoms. The second kappa shape index (κ2) is 13.5. The quantitative estimate of drug-likeness (QED) is 0.172. The number of benzene rings is 5. The third-order valence-corrected chi connectivity index (χ3v) is 11.1. The first-order chi connectivity index (χ1) is 25.5. The highest BCUT2D eigenvalue weighted by Crippen LogP contribution is 2.47. The number of phenols is 1. The van der Waals surface area contributed by atoms with Crippen LogP contribution in [0, 0.1) is 0 Å². The molecule has 4 heteroatoms. The predicted molar refractivity (Wildman–Crippen MR) is 221 cm³/mol. The van der Waals surface area contributed by atoms with Crippen LogP contribution in [0.1, 0.15) is 112 Å². The first-order valence-electron chi connectivity index (χ1n) is 19.2. The molecule has 2 aromatic heterocycles. The minimum Gasteiger partial charge on any atom is -0.507 e. The number of hydrogen-bond acceptors (Lipinski definition) is 3. The molecule has 0 spiro atoms. The molecule has 0 saturated carbocycles. The molecule has 0 aliphatic heterocycles. The van der Waals surface area contributed by atoms with Crippen molar-refractivity contribution in [3.05, 3.63) is 143 Å². The maximum absolute atomic E-state index is 11.4. The van der Waals surface area contributed by atoms with Crippen LogP contribution >= 0.6 is 0 Å². The number of fused-ring (bicyclic) bond motifs is 4. The normalized spacial score (nSPS) is 12.5. The molecular formula is C49H49N3O. The van der Waals surface area contributed by atoms with Gasteiger partial charge >= 0.3 is 0 Å². The van der Waals surface area contributed by atoms with E-state index >= 15 is 0 Å². The van der Waals surface area contributed by atoms with Crippen LogP contribution in [0.5, 0.6) is 5.75 Å². The van der Waals surface area contributed by atoms with Crippen LogP contribution in [0.15, 0.2) is 109 Å². The summed E-state index contributed by atoms with van der Waals surface area (Å²) in [5.41, 5.74) is 17.7. The Labute approximate surface area is 314 Å². The molecule has 53 heavy (non-hydrogen) atoms. The molecule has 2 heterocycles. The largest absolute Gasteiger partial charge is 0.507 e. The summed E-state index contributed by atoms with van der Waals surface area (Å²) in [6, 6.07) is 39.0. The summed E-state index contributed by atoms with van der Waals surface area (Å²) in [6.45, 7) is 18.1. The molecule has 5 aromatic carbocycles. The Morgan fingerprint density at radius 1 is 0.585 bits per heavy atom. The predicted octanol–water partition coefficient (Wildman–Crippen LogP) is 13.2. The third kappa shape index (κ3) is 5.95. The Morgan fingerprint density at radius 3 is 1.89 bits per heavy atom. The smallest absolute Gasteiger partial charge is 0.145 e. The number of pyridine rings is 1. The third-order valence-electron chi connectivity index (χ3n) is 11.1. The summed E-state index contributed by atoms with van der Waals surface area (Å²) in [6.07, 6.45) is 0.728. The Bertz CT molecular complexity index is 2450. The highest BCUT2D eigenvalue weighted by Gasteiger charge is 2.29. The summed E-state index contributed by atoms with van der Waals surface area (Å²) in [7, 11) is 0. The van der Waals surface area contributed by atoms with Crippen molar-refractivity contribution in [2.75, 3.05) is 0 Å². The van der Waals surface area contributed by atoms with Gasteiger partial charge in [0.05, 0.1) is 28.1 Å². The fourth-order valence-electron chi connectivity index (χ4n) is 8.12. The molecule has 1 aliphatic rings. The van der Waals surface area contributed by atoms with Crippen molar-refractivity contribution < 1.29 is 5.11 Å². The van der Waals surface area contributed by atoms with Gasteiger partial charge in [0, 0.05) is 23.1 Å². The first-order valence-corrected chi connectivity index (χ1v) is 19.2. The molecular weight excluding hydrogens is 647 g/mol. The van der Waals surface area contributed by atoms with Gasteiger partial charge in [-0.15, -0.1) is 0 Å². The van der Waals surface area contributed by atoms with E-state index in [-0.39, 0.29) is 5.75 Å². The van der Waals surface area contributed by atoms with Gasteiger partial charge in [-0.05, 0) is 86.4 Å². The van der Waals surface area contributed by atoms with Crippen molar-refractivity contribution in [3.8, 4) is 56.5 Å². The van der Waals surface area contributed by atoms with E-state index in [1.54, 1.807) is 0 Å². The van der Waals surface area contributed by atoms with Crippen molar-refractivity contribution in [2.45, 2.75) is 85.5 Å². The van der Waals surface area contributed by atoms with Gasteiger partial charge in [-0.25, -0.2) is 9.97 Å². The van der Waals surface area contributed by atoms with Crippen LogP contribution in [0.2, 0.25) is 0 Å². The Balaban J connectivity index is 1.33. The summed E-state index contributed by atoms with van der Waals surface area (Å²) in [5.74, 6) is 2.69. The maximum atomic E-state index is 11.4. The van der Waals surface area contributed by atoms with Crippen molar-refractivity contribution in [1.29, 1.82) is 0 Å². The first kappa shape index (κ1) is 34.6. The SMILES string of the molecule is CC(C)c1cc(-c2ccc(O)c3c2Cc2ccc(-c4cccc5c4nc(-c4ccccc4)n5-c4c(C(C)C)cccc4C(C)C)nc2-3)cc(C(C)C)c1. The zero-order valence-electron chi connectivity index (χ0n) is 32.2. The Morgan fingerprint density at radius 2 is 1.25 bits per heavy atom.